The second-order valence-electron chi connectivity index (χ2n) is 11.0. The zero-order valence-electron chi connectivity index (χ0n) is 21.7. The summed E-state index contributed by atoms with van der Waals surface area (Å²) in [7, 11) is 0. The fourth-order valence-corrected chi connectivity index (χ4v) is 5.23. The average Bonchev–Trinajstić information content (AvgIpc) is 3.23. The lowest BCUT2D eigenvalue weighted by atomic mass is 9.75. The SMILES string of the molecule is CC1(C)CC(=O)c2c(C(F)(F)F)nn(-c3ccc(C(N)=O)c(NC4CCC(OC(=O)C(N)CO)CC4)c3)c2C1. The third-order valence-electron chi connectivity index (χ3n) is 7.14. The number of aromatic nitrogens is 2. The van der Waals surface area contributed by atoms with Crippen LogP contribution in [0.2, 0.25) is 0 Å². The fourth-order valence-electron chi connectivity index (χ4n) is 5.23. The topological polar surface area (TPSA) is 163 Å². The minimum absolute atomic E-state index is 0.0217. The van der Waals surface area contributed by atoms with Crippen LogP contribution in [-0.2, 0) is 22.1 Å². The van der Waals surface area contributed by atoms with E-state index in [1.165, 1.54) is 18.2 Å². The molecule has 2 aromatic rings. The highest BCUT2D eigenvalue weighted by Crippen LogP contribution is 2.42. The Balaban J connectivity index is 1.62. The largest absolute Gasteiger partial charge is 0.461 e. The van der Waals surface area contributed by atoms with E-state index in [2.05, 4.69) is 10.4 Å². The first-order chi connectivity index (χ1) is 18.2. The number of rotatable bonds is 7. The van der Waals surface area contributed by atoms with E-state index < -0.39 is 53.2 Å². The van der Waals surface area contributed by atoms with Gasteiger partial charge in [0.05, 0.1) is 29.1 Å². The Morgan fingerprint density at radius 3 is 2.49 bits per heavy atom. The number of carbonyl (C=O) groups is 3. The smallest absolute Gasteiger partial charge is 0.435 e. The van der Waals surface area contributed by atoms with Crippen LogP contribution in [-0.4, -0.2) is 57.3 Å². The maximum Gasteiger partial charge on any atom is 0.435 e. The minimum atomic E-state index is -4.82. The quantitative estimate of drug-likeness (QED) is 0.382. The number of amides is 1. The summed E-state index contributed by atoms with van der Waals surface area (Å²) in [6.45, 7) is 3.11. The molecule has 0 radical (unpaired) electrons. The van der Waals surface area contributed by atoms with Gasteiger partial charge in [0, 0.05) is 18.2 Å². The molecule has 1 aromatic heterocycles. The van der Waals surface area contributed by atoms with E-state index in [0.29, 0.717) is 31.4 Å². The summed E-state index contributed by atoms with van der Waals surface area (Å²) in [6, 6.07) is 3.13. The maximum absolute atomic E-state index is 13.9. The molecule has 13 heteroatoms. The molecule has 2 aliphatic carbocycles. The molecule has 1 unspecified atom stereocenters. The van der Waals surface area contributed by atoms with Crippen LogP contribution in [0.5, 0.6) is 0 Å². The normalized spacial score (nSPS) is 21.7. The maximum atomic E-state index is 13.9. The van der Waals surface area contributed by atoms with E-state index in [-0.39, 0.29) is 41.9 Å². The van der Waals surface area contributed by atoms with Gasteiger partial charge in [0.2, 0.25) is 0 Å². The molecule has 4 rings (SSSR count). The summed E-state index contributed by atoms with van der Waals surface area (Å²) in [5.74, 6) is -2.01. The summed E-state index contributed by atoms with van der Waals surface area (Å²) in [6.07, 6.45) is -2.86. The van der Waals surface area contributed by atoms with E-state index in [1.807, 2.05) is 13.8 Å². The van der Waals surface area contributed by atoms with Gasteiger partial charge in [-0.15, -0.1) is 0 Å². The van der Waals surface area contributed by atoms with Gasteiger partial charge >= 0.3 is 12.1 Å². The number of aliphatic hydroxyl groups is 1. The highest BCUT2D eigenvalue weighted by atomic mass is 19.4. The van der Waals surface area contributed by atoms with Gasteiger partial charge in [0.15, 0.2) is 11.5 Å². The van der Waals surface area contributed by atoms with Crippen LogP contribution in [0.4, 0.5) is 18.9 Å². The number of hydrogen-bond acceptors (Lipinski definition) is 8. The molecule has 6 N–H and O–H groups in total. The van der Waals surface area contributed by atoms with Crippen LogP contribution < -0.4 is 16.8 Å². The van der Waals surface area contributed by atoms with E-state index >= 15 is 0 Å². The Morgan fingerprint density at radius 2 is 1.90 bits per heavy atom. The number of benzene rings is 1. The number of hydrogen-bond donors (Lipinski definition) is 4. The third kappa shape index (κ3) is 6.09. The van der Waals surface area contributed by atoms with Crippen molar-refractivity contribution in [1.82, 2.24) is 9.78 Å². The number of primary amides is 1. The van der Waals surface area contributed by atoms with Gasteiger partial charge in [-0.2, -0.15) is 18.3 Å². The van der Waals surface area contributed by atoms with Crippen molar-refractivity contribution < 1.29 is 37.4 Å². The van der Waals surface area contributed by atoms with Gasteiger partial charge in [-0.3, -0.25) is 14.4 Å². The van der Waals surface area contributed by atoms with Crippen molar-refractivity contribution in [2.45, 2.75) is 76.7 Å². The lowest BCUT2D eigenvalue weighted by Gasteiger charge is -2.31. The van der Waals surface area contributed by atoms with Crippen LogP contribution in [0.25, 0.3) is 5.69 Å². The molecule has 1 atom stereocenters. The van der Waals surface area contributed by atoms with Crippen molar-refractivity contribution in [2.24, 2.45) is 16.9 Å². The molecule has 39 heavy (non-hydrogen) atoms. The number of nitrogens with one attached hydrogen (secondary N) is 1. The number of nitrogens with zero attached hydrogens (tertiary/aromatic N) is 2. The number of anilines is 1. The molecule has 0 saturated heterocycles. The number of Topliss-reactive ketones (excluding diaryl/α,β-unsaturated/α-hetero) is 1. The monoisotopic (exact) mass is 551 g/mol. The molecule has 0 aliphatic heterocycles. The van der Waals surface area contributed by atoms with Gasteiger partial charge < -0.3 is 26.6 Å². The van der Waals surface area contributed by atoms with Gasteiger partial charge in [-0.25, -0.2) is 4.68 Å². The summed E-state index contributed by atoms with van der Waals surface area (Å²) in [4.78, 5) is 36.8. The van der Waals surface area contributed by atoms with Crippen LogP contribution in [0.3, 0.4) is 0 Å². The van der Waals surface area contributed by atoms with E-state index in [4.69, 9.17) is 21.3 Å². The summed E-state index contributed by atoms with van der Waals surface area (Å²) in [5, 5.41) is 16.1. The first-order valence-electron chi connectivity index (χ1n) is 12.7. The number of alkyl halides is 3. The summed E-state index contributed by atoms with van der Waals surface area (Å²) in [5.41, 5.74) is 9.76. The Kier molecular flexibility index (Phi) is 7.77. The Labute approximate surface area is 222 Å². The van der Waals surface area contributed by atoms with Crippen molar-refractivity contribution in [2.75, 3.05) is 11.9 Å². The Bertz CT molecular complexity index is 1280. The molecule has 212 valence electrons. The highest BCUT2D eigenvalue weighted by Gasteiger charge is 2.45. The van der Waals surface area contributed by atoms with E-state index in [0.717, 1.165) is 4.68 Å². The Hall–Kier alpha value is -3.45. The number of aliphatic hydroxyl groups excluding tert-OH is 1. The number of halogens is 3. The third-order valence-corrected chi connectivity index (χ3v) is 7.14. The molecule has 1 amide bonds. The Morgan fingerprint density at radius 1 is 1.23 bits per heavy atom. The van der Waals surface area contributed by atoms with Gasteiger partial charge in [0.25, 0.3) is 5.91 Å². The van der Waals surface area contributed by atoms with Crippen molar-refractivity contribution >= 4 is 23.3 Å². The number of ketones is 1. The van der Waals surface area contributed by atoms with Crippen molar-refractivity contribution in [3.63, 3.8) is 0 Å². The number of nitrogens with two attached hydrogens (primary N) is 2. The standard InChI is InChI=1S/C26H32F3N5O5/c1-25(2)10-19-21(20(36)11-25)22(26(27,28)29)33-34(19)14-5-8-16(23(31)37)18(9-14)32-13-3-6-15(7-4-13)39-24(38)17(30)12-35/h5,8-9,13,15,17,32,35H,3-4,6-7,10-12,30H2,1-2H3,(H2,31,37). The van der Waals surface area contributed by atoms with Gasteiger partial charge in [-0.1, -0.05) is 13.8 Å². The molecule has 1 saturated carbocycles. The van der Waals surface area contributed by atoms with E-state index in [1.54, 1.807) is 0 Å². The summed E-state index contributed by atoms with van der Waals surface area (Å²) < 4.78 is 48.0. The second kappa shape index (κ2) is 10.6. The number of ether oxygens (including phenoxy) is 1. The number of fused-ring (bicyclic) bond motifs is 1. The van der Waals surface area contributed by atoms with Crippen molar-refractivity contribution in [3.05, 3.63) is 40.7 Å². The first-order valence-corrected chi connectivity index (χ1v) is 12.7. The lowest BCUT2D eigenvalue weighted by molar-refractivity contribution is -0.153. The lowest BCUT2D eigenvalue weighted by Crippen LogP contribution is -2.39. The zero-order valence-corrected chi connectivity index (χ0v) is 21.7. The predicted octanol–water partition coefficient (Wildman–Crippen LogP) is 2.73. The molecule has 1 fully saturated rings. The molecule has 0 spiro atoms. The van der Waals surface area contributed by atoms with Crippen LogP contribution in [0, 0.1) is 5.41 Å². The summed E-state index contributed by atoms with van der Waals surface area (Å²) >= 11 is 0. The molecule has 1 aromatic carbocycles. The number of esters is 1. The van der Waals surface area contributed by atoms with Gasteiger partial charge in [0.1, 0.15) is 12.1 Å². The fraction of sp³-hybridized carbons (Fsp3) is 0.538. The molecule has 10 nitrogen and oxygen atoms in total. The van der Waals surface area contributed by atoms with Crippen LogP contribution >= 0.6 is 0 Å². The predicted molar refractivity (Wildman–Crippen MR) is 134 cm³/mol. The van der Waals surface area contributed by atoms with Crippen molar-refractivity contribution in [1.29, 1.82) is 0 Å². The van der Waals surface area contributed by atoms with Crippen LogP contribution in [0.15, 0.2) is 18.2 Å². The van der Waals surface area contributed by atoms with Crippen LogP contribution in [0.1, 0.15) is 78.1 Å². The molecule has 2 aliphatic rings. The zero-order chi connectivity index (χ0) is 28.7. The molecular formula is C26H32F3N5O5. The molecule has 0 bridgehead atoms. The molecule has 1 heterocycles. The van der Waals surface area contributed by atoms with Gasteiger partial charge in [-0.05, 0) is 55.7 Å². The van der Waals surface area contributed by atoms with E-state index in [9.17, 15) is 27.6 Å². The number of carbonyl (C=O) groups excluding carboxylic acids is 3. The minimum Gasteiger partial charge on any atom is -0.461 e. The van der Waals surface area contributed by atoms with Crippen molar-refractivity contribution in [3.8, 4) is 5.69 Å². The second-order valence-corrected chi connectivity index (χ2v) is 11.0. The molecular weight excluding hydrogens is 519 g/mol. The first kappa shape index (κ1) is 28.6. The highest BCUT2D eigenvalue weighted by molar-refractivity contribution is 6.00. The average molecular weight is 552 g/mol.